The van der Waals surface area contributed by atoms with Crippen molar-refractivity contribution in [2.24, 2.45) is 0 Å². The van der Waals surface area contributed by atoms with E-state index in [1.54, 1.807) is 5.56 Å². The molecule has 0 unspecified atom stereocenters. The van der Waals surface area contributed by atoms with E-state index in [0.717, 1.165) is 33.2 Å². The molecule has 0 N–H and O–H groups in total. The van der Waals surface area contributed by atoms with E-state index >= 15 is 0 Å². The number of benzene rings is 2. The number of allylic oxidation sites excluding steroid dienone is 2. The molecule has 4 aliphatic rings. The molecule has 0 nitrogen and oxygen atoms in total. The summed E-state index contributed by atoms with van der Waals surface area (Å²) in [6, 6.07) is 12.3. The molecule has 64 heavy (non-hydrogen) atoms. The van der Waals surface area contributed by atoms with Crippen molar-refractivity contribution in [1.29, 1.82) is 0 Å². The molecule has 0 bridgehead atoms. The molecular weight excluding hydrogens is 972 g/mol. The summed E-state index contributed by atoms with van der Waals surface area (Å²) in [5, 5.41) is 2.28. The molecule has 3 fully saturated rings. The van der Waals surface area contributed by atoms with Crippen LogP contribution >= 0.6 is 0 Å². The predicted molar refractivity (Wildman–Crippen MR) is 312 cm³/mol. The fraction of sp³-hybridized carbons (Fsp3) is 0.754. The van der Waals surface area contributed by atoms with Gasteiger partial charge in [-0.15, -0.1) is 0 Å². The molecule has 360 valence electrons. The van der Waals surface area contributed by atoms with E-state index in [2.05, 4.69) is 163 Å². The SMILES string of the molecule is CC1=C(C)[CH2][Sn]([c]2c(C3CCCCC3)cc(C3CCCCC3)cc2C2CCCCC2)([c]2c(C([Si](C)(C)C)[Si](C)(C)C)cc(C([Si](C)(C)C)[Si](C)(C)C)cc2C([Si](C)(C)C)[Si](C)(C)C)[CH2]1. The van der Waals surface area contributed by atoms with E-state index in [1.165, 1.54) is 105 Å². The van der Waals surface area contributed by atoms with E-state index < -0.39 is 66.8 Å². The Morgan fingerprint density at radius 2 is 0.672 bits per heavy atom. The third kappa shape index (κ3) is 11.6. The zero-order valence-corrected chi connectivity index (χ0v) is 55.1. The molecule has 0 saturated heterocycles. The second-order valence-electron chi connectivity index (χ2n) is 29.6. The zero-order chi connectivity index (χ0) is 47.6. The van der Waals surface area contributed by atoms with Gasteiger partial charge in [0.2, 0.25) is 0 Å². The van der Waals surface area contributed by atoms with Gasteiger partial charge in [0, 0.05) is 0 Å². The monoisotopic (exact) mass is 1080 g/mol. The summed E-state index contributed by atoms with van der Waals surface area (Å²) in [6.07, 6.45) is 21.6. The summed E-state index contributed by atoms with van der Waals surface area (Å²) in [6.45, 7) is 55.6. The Bertz CT molecular complexity index is 1820. The second kappa shape index (κ2) is 19.8. The molecule has 1 heterocycles. The maximum atomic E-state index is 3.12. The fourth-order valence-corrected chi connectivity index (χ4v) is 75.7. The third-order valence-corrected chi connectivity index (χ3v) is 60.7. The first-order chi connectivity index (χ1) is 29.4. The molecule has 2 aromatic carbocycles. The van der Waals surface area contributed by atoms with Crippen LogP contribution in [0.3, 0.4) is 0 Å². The summed E-state index contributed by atoms with van der Waals surface area (Å²) >= 11 is -3.75. The second-order valence-corrected chi connectivity index (χ2v) is 74.3. The molecule has 0 atom stereocenters. The normalized spacial score (nSPS) is 21.0. The van der Waals surface area contributed by atoms with Crippen LogP contribution in [0, 0.1) is 0 Å². The summed E-state index contributed by atoms with van der Waals surface area (Å²) in [5.74, 6) is 2.29. The first kappa shape index (κ1) is 53.6. The Labute approximate surface area is 409 Å². The number of hydrogen-bond acceptors (Lipinski definition) is 0. The quantitative estimate of drug-likeness (QED) is 0.131. The van der Waals surface area contributed by atoms with Gasteiger partial charge >= 0.3 is 413 Å². The van der Waals surface area contributed by atoms with Crippen molar-refractivity contribution in [3.63, 3.8) is 0 Å². The Kier molecular flexibility index (Phi) is 16.6. The average molecular weight is 1080 g/mol. The molecule has 0 amide bonds. The van der Waals surface area contributed by atoms with Gasteiger partial charge in [-0.2, -0.15) is 0 Å². The van der Waals surface area contributed by atoms with Crippen LogP contribution in [-0.4, -0.2) is 66.8 Å². The van der Waals surface area contributed by atoms with Crippen LogP contribution in [0.5, 0.6) is 0 Å². The van der Waals surface area contributed by atoms with Crippen molar-refractivity contribution in [2.45, 2.75) is 270 Å². The first-order valence-corrected chi connectivity index (χ1v) is 55.7. The summed E-state index contributed by atoms with van der Waals surface area (Å²) in [7, 11) is -10.0. The third-order valence-electron chi connectivity index (χ3n) is 17.6. The molecule has 6 rings (SSSR count). The van der Waals surface area contributed by atoms with Crippen LogP contribution in [0.4, 0.5) is 0 Å². The van der Waals surface area contributed by atoms with Crippen molar-refractivity contribution in [3.8, 4) is 0 Å². The van der Waals surface area contributed by atoms with Gasteiger partial charge in [0.05, 0.1) is 0 Å². The van der Waals surface area contributed by atoms with Crippen molar-refractivity contribution >= 4 is 74.0 Å². The maximum absolute atomic E-state index is 3.75. The van der Waals surface area contributed by atoms with Crippen LogP contribution in [0.25, 0.3) is 0 Å². The zero-order valence-electron chi connectivity index (χ0n) is 46.3. The summed E-state index contributed by atoms with van der Waals surface area (Å²) in [5.41, 5.74) is 15.2. The summed E-state index contributed by atoms with van der Waals surface area (Å²) < 4.78 is 7.19. The van der Waals surface area contributed by atoms with Gasteiger partial charge < -0.3 is 0 Å². The minimum atomic E-state index is -3.75. The van der Waals surface area contributed by atoms with Gasteiger partial charge in [-0.25, -0.2) is 0 Å². The Balaban J connectivity index is 1.93. The molecule has 0 spiro atoms. The molecule has 2 aromatic rings. The van der Waals surface area contributed by atoms with Crippen LogP contribution in [-0.2, 0) is 0 Å². The molecule has 3 aliphatic carbocycles. The van der Waals surface area contributed by atoms with Crippen molar-refractivity contribution in [2.75, 3.05) is 0 Å². The number of rotatable bonds is 14. The molecule has 0 radical (unpaired) electrons. The molecule has 1 aliphatic heterocycles. The van der Waals surface area contributed by atoms with Crippen LogP contribution in [0.2, 0.25) is 127 Å². The Hall–Kier alpha value is 0.280. The van der Waals surface area contributed by atoms with E-state index in [-0.39, 0.29) is 0 Å². The van der Waals surface area contributed by atoms with Gasteiger partial charge in [-0.05, 0) is 0 Å². The van der Waals surface area contributed by atoms with Crippen molar-refractivity contribution in [3.05, 3.63) is 68.8 Å². The predicted octanol–water partition coefficient (Wildman–Crippen LogP) is 18.3. The topological polar surface area (TPSA) is 0 Å². The standard InChI is InChI=1S/C27H59Si6.C24H35.C6H10.Sn/c1-28(2,3)25(29(4,5)6)22-19-23(26(30(7,8)9)31(10,11)12)21-24(20-22)27(32(13,14)15)33(16,17)18;1-4-10-19(11-5-1)22-16-23(20-12-6-2-7-13-20)18-24(17-22)21-14-8-3-9-15-21;1-5(2)6(3)4;/h19-20,25-27H,1-18H3;16-17,19-21H,1-15H2;1,3H2,2,4H3;. The van der Waals surface area contributed by atoms with Gasteiger partial charge in [-0.3, -0.25) is 0 Å². The molecule has 7 heteroatoms. The van der Waals surface area contributed by atoms with E-state index in [0.29, 0.717) is 0 Å². The van der Waals surface area contributed by atoms with E-state index in [1.807, 2.05) is 39.0 Å². The van der Waals surface area contributed by atoms with Crippen LogP contribution < -0.4 is 7.16 Å². The van der Waals surface area contributed by atoms with Gasteiger partial charge in [0.25, 0.3) is 0 Å². The Morgan fingerprint density at radius 3 is 0.969 bits per heavy atom. The summed E-state index contributed by atoms with van der Waals surface area (Å²) in [4.78, 5) is 0. The van der Waals surface area contributed by atoms with Crippen molar-refractivity contribution < 1.29 is 0 Å². The average Bonchev–Trinajstić information content (AvgIpc) is 3.45. The minimum absolute atomic E-state index is 0.758. The van der Waals surface area contributed by atoms with Crippen molar-refractivity contribution in [1.82, 2.24) is 0 Å². The van der Waals surface area contributed by atoms with Gasteiger partial charge in [0.15, 0.2) is 0 Å². The van der Waals surface area contributed by atoms with Gasteiger partial charge in [-0.1, -0.05) is 0 Å². The number of hydrogen-bond donors (Lipinski definition) is 0. The Morgan fingerprint density at radius 1 is 0.375 bits per heavy atom. The molecular formula is C57H104Si6Sn. The fourth-order valence-electron chi connectivity index (χ4n) is 16.8. The molecule has 0 aromatic heterocycles. The van der Waals surface area contributed by atoms with Gasteiger partial charge in [0.1, 0.15) is 0 Å². The molecule has 3 saturated carbocycles. The van der Waals surface area contributed by atoms with E-state index in [4.69, 9.17) is 0 Å². The first-order valence-electron chi connectivity index (χ1n) is 27.4. The van der Waals surface area contributed by atoms with Crippen LogP contribution in [0.15, 0.2) is 35.4 Å². The van der Waals surface area contributed by atoms with E-state index in [9.17, 15) is 0 Å². The van der Waals surface area contributed by atoms with Crippen LogP contribution in [0.1, 0.15) is 177 Å².